The lowest BCUT2D eigenvalue weighted by molar-refractivity contribution is 0.260. The van der Waals surface area contributed by atoms with Gasteiger partial charge in [-0.05, 0) is 19.1 Å². The van der Waals surface area contributed by atoms with Crippen LogP contribution in [-0.4, -0.2) is 77.4 Å². The van der Waals surface area contributed by atoms with Crippen molar-refractivity contribution in [3.63, 3.8) is 0 Å². The van der Waals surface area contributed by atoms with Crippen LogP contribution >= 0.6 is 0 Å². The third-order valence-electron chi connectivity index (χ3n) is 5.13. The van der Waals surface area contributed by atoms with Crippen LogP contribution in [0.5, 0.6) is 0 Å². The molecule has 0 atom stereocenters. The lowest BCUT2D eigenvalue weighted by atomic mass is 10.3. The van der Waals surface area contributed by atoms with Gasteiger partial charge in [0.1, 0.15) is 17.7 Å². The average molecular weight is 446 g/mol. The molecule has 1 aliphatic heterocycles. The van der Waals surface area contributed by atoms with Crippen LogP contribution in [0.2, 0.25) is 0 Å². The Kier molecular flexibility index (Phi) is 6.52. The second kappa shape index (κ2) is 9.48. The number of fused-ring (bicyclic) bond motifs is 1. The fourth-order valence-electron chi connectivity index (χ4n) is 3.58. The van der Waals surface area contributed by atoms with Gasteiger partial charge in [-0.25, -0.2) is 13.4 Å². The molecular formula is C20H27N7O3S. The molecule has 0 unspecified atom stereocenters. The van der Waals surface area contributed by atoms with Gasteiger partial charge in [-0.15, -0.1) is 0 Å². The van der Waals surface area contributed by atoms with Crippen LogP contribution in [0.1, 0.15) is 18.3 Å². The Labute approximate surface area is 181 Å². The summed E-state index contributed by atoms with van der Waals surface area (Å²) in [4.78, 5) is 11.5. The quantitative estimate of drug-likeness (QED) is 0.427. The summed E-state index contributed by atoms with van der Waals surface area (Å²) < 4.78 is 33.5. The Balaban J connectivity index is 1.34. The largest absolute Gasteiger partial charge is 0.364 e. The number of rotatable bonds is 7. The summed E-state index contributed by atoms with van der Waals surface area (Å²) >= 11 is 0. The van der Waals surface area contributed by atoms with Crippen LogP contribution in [0.4, 0.5) is 0 Å². The fraction of sp³-hybridized carbons (Fsp3) is 0.450. The van der Waals surface area contributed by atoms with E-state index in [0.717, 1.165) is 30.3 Å². The molecule has 4 heterocycles. The molecule has 0 saturated carbocycles. The molecule has 0 aromatic carbocycles. The van der Waals surface area contributed by atoms with Crippen molar-refractivity contribution in [3.05, 3.63) is 54.3 Å². The molecule has 1 saturated heterocycles. The van der Waals surface area contributed by atoms with Crippen molar-refractivity contribution >= 4 is 21.6 Å². The van der Waals surface area contributed by atoms with Gasteiger partial charge in [-0.3, -0.25) is 4.99 Å². The predicted molar refractivity (Wildman–Crippen MR) is 117 cm³/mol. The number of nitrogens with zero attached hydrogens (tertiary/aromatic N) is 6. The molecule has 0 spiro atoms. The van der Waals surface area contributed by atoms with Gasteiger partial charge in [0.25, 0.3) is 0 Å². The van der Waals surface area contributed by atoms with Crippen molar-refractivity contribution in [2.45, 2.75) is 19.1 Å². The first-order chi connectivity index (χ1) is 15.0. The van der Waals surface area contributed by atoms with E-state index in [1.807, 2.05) is 41.9 Å². The van der Waals surface area contributed by atoms with Gasteiger partial charge >= 0.3 is 0 Å². The van der Waals surface area contributed by atoms with Gasteiger partial charge in [0.05, 0.1) is 11.4 Å². The highest BCUT2D eigenvalue weighted by Gasteiger charge is 2.29. The number of hydrogen-bond acceptors (Lipinski definition) is 6. The topological polar surface area (TPSA) is 108 Å². The first-order valence-electron chi connectivity index (χ1n) is 10.4. The fourth-order valence-corrected chi connectivity index (χ4v) is 5.00. The van der Waals surface area contributed by atoms with E-state index in [9.17, 15) is 8.42 Å². The summed E-state index contributed by atoms with van der Waals surface area (Å²) in [5.74, 6) is 0.663. The maximum absolute atomic E-state index is 12.6. The maximum atomic E-state index is 12.6. The number of piperazine rings is 1. The maximum Gasteiger partial charge on any atom is 0.220 e. The lowest BCUT2D eigenvalue weighted by Crippen LogP contribution is -2.54. The molecule has 3 aromatic rings. The van der Waals surface area contributed by atoms with Crippen molar-refractivity contribution < 1.29 is 12.9 Å². The van der Waals surface area contributed by atoms with E-state index in [0.29, 0.717) is 38.4 Å². The average Bonchev–Trinajstić information content (AvgIpc) is 3.42. The van der Waals surface area contributed by atoms with E-state index in [1.54, 1.807) is 6.07 Å². The van der Waals surface area contributed by atoms with Crippen LogP contribution in [0, 0.1) is 0 Å². The standard InChI is InChI=1S/C20H27N7O3S/c1-2-21-20(22-8-6-17-15-26-9-4-3-5-19(26)23-17)25-10-12-27(13-11-25)31(28,29)16-18-7-14-30-24-18/h3-5,7,9,14-15H,2,6,8,10-13,16H2,1H3,(H,21,22). The minimum Gasteiger partial charge on any atom is -0.364 e. The molecule has 11 heteroatoms. The van der Waals surface area contributed by atoms with E-state index in [2.05, 4.69) is 20.4 Å². The summed E-state index contributed by atoms with van der Waals surface area (Å²) in [5.41, 5.74) is 2.34. The smallest absolute Gasteiger partial charge is 0.220 e. The highest BCUT2D eigenvalue weighted by Crippen LogP contribution is 2.13. The summed E-state index contributed by atoms with van der Waals surface area (Å²) in [5, 5.41) is 7.02. The number of pyridine rings is 1. The minimum absolute atomic E-state index is 0.142. The highest BCUT2D eigenvalue weighted by molar-refractivity contribution is 7.88. The van der Waals surface area contributed by atoms with Crippen molar-refractivity contribution in [2.24, 2.45) is 4.99 Å². The predicted octanol–water partition coefficient (Wildman–Crippen LogP) is 0.978. The molecule has 31 heavy (non-hydrogen) atoms. The summed E-state index contributed by atoms with van der Waals surface area (Å²) in [6, 6.07) is 7.50. The Morgan fingerprint density at radius 1 is 1.19 bits per heavy atom. The SMILES string of the molecule is CCNC(=NCCc1cn2ccccc2n1)N1CCN(S(=O)(=O)Cc2ccon2)CC1. The molecule has 10 nitrogen and oxygen atoms in total. The van der Waals surface area contributed by atoms with Gasteiger partial charge in [-0.2, -0.15) is 4.31 Å². The van der Waals surface area contributed by atoms with E-state index in [1.165, 1.54) is 10.6 Å². The van der Waals surface area contributed by atoms with Crippen molar-refractivity contribution in [1.29, 1.82) is 0 Å². The van der Waals surface area contributed by atoms with E-state index < -0.39 is 10.0 Å². The van der Waals surface area contributed by atoms with Crippen molar-refractivity contribution in [2.75, 3.05) is 39.3 Å². The number of aliphatic imine (C=N–C) groups is 1. The molecule has 1 fully saturated rings. The van der Waals surface area contributed by atoms with Crippen LogP contribution in [0.25, 0.3) is 5.65 Å². The molecule has 0 amide bonds. The first-order valence-corrected chi connectivity index (χ1v) is 12.0. The Bertz CT molecular complexity index is 1080. The van der Waals surface area contributed by atoms with Gasteiger partial charge in [-0.1, -0.05) is 11.2 Å². The Morgan fingerprint density at radius 2 is 2.03 bits per heavy atom. The number of guanidine groups is 1. The van der Waals surface area contributed by atoms with Crippen molar-refractivity contribution in [1.82, 2.24) is 29.1 Å². The Morgan fingerprint density at radius 3 is 2.74 bits per heavy atom. The molecule has 1 aliphatic rings. The monoisotopic (exact) mass is 445 g/mol. The zero-order chi connectivity index (χ0) is 21.7. The van der Waals surface area contributed by atoms with Crippen molar-refractivity contribution in [3.8, 4) is 0 Å². The molecule has 0 bridgehead atoms. The van der Waals surface area contributed by atoms with Gasteiger partial charge in [0.2, 0.25) is 10.0 Å². The molecule has 1 N–H and O–H groups in total. The van der Waals surface area contributed by atoms with E-state index >= 15 is 0 Å². The molecule has 166 valence electrons. The molecule has 4 rings (SSSR count). The van der Waals surface area contributed by atoms with E-state index in [-0.39, 0.29) is 5.75 Å². The number of imidazole rings is 1. The number of hydrogen-bond donors (Lipinski definition) is 1. The van der Waals surface area contributed by atoms with Crippen LogP contribution in [-0.2, 0) is 22.2 Å². The number of aromatic nitrogens is 3. The lowest BCUT2D eigenvalue weighted by Gasteiger charge is -2.35. The summed E-state index contributed by atoms with van der Waals surface area (Å²) in [6.07, 6.45) is 6.13. The molecule has 0 radical (unpaired) electrons. The minimum atomic E-state index is -3.42. The van der Waals surface area contributed by atoms with Gasteiger partial charge < -0.3 is 19.1 Å². The first kappa shape index (κ1) is 21.3. The van der Waals surface area contributed by atoms with E-state index in [4.69, 9.17) is 9.52 Å². The third kappa shape index (κ3) is 5.23. The number of sulfonamides is 1. The highest BCUT2D eigenvalue weighted by atomic mass is 32.2. The summed E-state index contributed by atoms with van der Waals surface area (Å²) in [7, 11) is -3.42. The van der Waals surface area contributed by atoms with Gasteiger partial charge in [0.15, 0.2) is 5.96 Å². The zero-order valence-corrected chi connectivity index (χ0v) is 18.3. The molecule has 3 aromatic heterocycles. The molecular weight excluding hydrogens is 418 g/mol. The van der Waals surface area contributed by atoms with Crippen LogP contribution in [0.3, 0.4) is 0 Å². The van der Waals surface area contributed by atoms with Crippen LogP contribution in [0.15, 0.2) is 52.4 Å². The number of nitrogens with one attached hydrogen (secondary N) is 1. The van der Waals surface area contributed by atoms with Gasteiger partial charge in [0, 0.05) is 64.1 Å². The zero-order valence-electron chi connectivity index (χ0n) is 17.5. The van der Waals surface area contributed by atoms with Crippen LogP contribution < -0.4 is 5.32 Å². The second-order valence-electron chi connectivity index (χ2n) is 7.32. The molecule has 0 aliphatic carbocycles. The Hall–Kier alpha value is -2.92. The summed E-state index contributed by atoms with van der Waals surface area (Å²) in [6.45, 7) is 5.37. The normalized spacial score (nSPS) is 16.2. The second-order valence-corrected chi connectivity index (χ2v) is 9.29. The third-order valence-corrected chi connectivity index (χ3v) is 6.94.